The molecule has 140 valence electrons. The Morgan fingerprint density at radius 2 is 1.88 bits per heavy atom. The van der Waals surface area contributed by atoms with E-state index in [4.69, 9.17) is 4.74 Å². The molecule has 0 bridgehead atoms. The van der Waals surface area contributed by atoms with E-state index in [9.17, 15) is 13.2 Å². The standard InChI is InChI=1S/C18H21F3N4O/c1-12-13(2)23-11-24-17(12)26-10-14-4-7-25(8-5-14)16-9-15(3-6-22-16)18(19,20)21/h3,6,9,11,14H,4-5,7-8,10H2,1-2H3. The van der Waals surface area contributed by atoms with Crippen LogP contribution in [0.5, 0.6) is 5.88 Å². The molecule has 0 radical (unpaired) electrons. The molecule has 5 nitrogen and oxygen atoms in total. The minimum Gasteiger partial charge on any atom is -0.477 e. The summed E-state index contributed by atoms with van der Waals surface area (Å²) in [6, 6.07) is 2.11. The number of hydrogen-bond donors (Lipinski definition) is 0. The first-order valence-electron chi connectivity index (χ1n) is 8.54. The number of aryl methyl sites for hydroxylation is 1. The van der Waals surface area contributed by atoms with Crippen molar-refractivity contribution < 1.29 is 17.9 Å². The molecule has 1 aliphatic rings. The third-order valence-electron chi connectivity index (χ3n) is 4.76. The molecule has 0 N–H and O–H groups in total. The fourth-order valence-electron chi connectivity index (χ4n) is 2.96. The summed E-state index contributed by atoms with van der Waals surface area (Å²) in [5, 5.41) is 0. The molecule has 0 saturated carbocycles. The van der Waals surface area contributed by atoms with Crippen molar-refractivity contribution in [2.45, 2.75) is 32.9 Å². The van der Waals surface area contributed by atoms with Gasteiger partial charge in [0.2, 0.25) is 5.88 Å². The highest BCUT2D eigenvalue weighted by Crippen LogP contribution is 2.31. The van der Waals surface area contributed by atoms with Gasteiger partial charge in [-0.2, -0.15) is 13.2 Å². The maximum Gasteiger partial charge on any atom is 0.416 e. The molecule has 1 aliphatic heterocycles. The first kappa shape index (κ1) is 18.4. The highest BCUT2D eigenvalue weighted by Gasteiger charge is 2.31. The molecule has 0 aliphatic carbocycles. The summed E-state index contributed by atoms with van der Waals surface area (Å²) >= 11 is 0. The van der Waals surface area contributed by atoms with E-state index in [0.29, 0.717) is 37.3 Å². The summed E-state index contributed by atoms with van der Waals surface area (Å²) in [5.74, 6) is 1.31. The van der Waals surface area contributed by atoms with Crippen LogP contribution in [-0.2, 0) is 6.18 Å². The Morgan fingerprint density at radius 1 is 1.15 bits per heavy atom. The van der Waals surface area contributed by atoms with Crippen molar-refractivity contribution in [1.82, 2.24) is 15.0 Å². The zero-order valence-electron chi connectivity index (χ0n) is 14.8. The molecular weight excluding hydrogens is 345 g/mol. The van der Waals surface area contributed by atoms with Crippen molar-refractivity contribution in [1.29, 1.82) is 0 Å². The van der Waals surface area contributed by atoms with Gasteiger partial charge >= 0.3 is 6.18 Å². The average Bonchev–Trinajstić information content (AvgIpc) is 2.63. The van der Waals surface area contributed by atoms with Crippen LogP contribution >= 0.6 is 0 Å². The van der Waals surface area contributed by atoms with E-state index in [1.54, 1.807) is 0 Å². The van der Waals surface area contributed by atoms with Crippen molar-refractivity contribution in [3.63, 3.8) is 0 Å². The number of alkyl halides is 3. The molecule has 3 rings (SSSR count). The van der Waals surface area contributed by atoms with Crippen LogP contribution in [0.1, 0.15) is 29.7 Å². The van der Waals surface area contributed by atoms with Crippen LogP contribution in [0, 0.1) is 19.8 Å². The Balaban J connectivity index is 1.55. The van der Waals surface area contributed by atoms with E-state index in [1.807, 2.05) is 18.7 Å². The predicted octanol–water partition coefficient (Wildman–Crippen LogP) is 3.80. The molecule has 0 unspecified atom stereocenters. The second-order valence-electron chi connectivity index (χ2n) is 6.53. The number of piperidine rings is 1. The lowest BCUT2D eigenvalue weighted by Gasteiger charge is -2.32. The average molecular weight is 366 g/mol. The SMILES string of the molecule is Cc1ncnc(OCC2CCN(c3cc(C(F)(F)F)ccn3)CC2)c1C. The monoisotopic (exact) mass is 366 g/mol. The maximum atomic E-state index is 12.8. The number of rotatable bonds is 4. The van der Waals surface area contributed by atoms with Gasteiger partial charge in [-0.15, -0.1) is 0 Å². The van der Waals surface area contributed by atoms with Crippen LogP contribution in [0.4, 0.5) is 19.0 Å². The van der Waals surface area contributed by atoms with Crippen LogP contribution in [0.3, 0.4) is 0 Å². The molecule has 1 fully saturated rings. The van der Waals surface area contributed by atoms with Gasteiger partial charge in [-0.25, -0.2) is 15.0 Å². The van der Waals surface area contributed by atoms with E-state index < -0.39 is 11.7 Å². The highest BCUT2D eigenvalue weighted by molar-refractivity contribution is 5.42. The zero-order valence-corrected chi connectivity index (χ0v) is 14.8. The summed E-state index contributed by atoms with van der Waals surface area (Å²) in [6.45, 7) is 5.69. The van der Waals surface area contributed by atoms with Gasteiger partial charge in [-0.05, 0) is 44.7 Å². The van der Waals surface area contributed by atoms with Gasteiger partial charge in [0.1, 0.15) is 12.1 Å². The first-order chi connectivity index (χ1) is 12.3. The van der Waals surface area contributed by atoms with Gasteiger partial charge in [-0.3, -0.25) is 0 Å². The van der Waals surface area contributed by atoms with Crippen molar-refractivity contribution in [3.8, 4) is 5.88 Å². The third-order valence-corrected chi connectivity index (χ3v) is 4.76. The minimum absolute atomic E-state index is 0.340. The lowest BCUT2D eigenvalue weighted by atomic mass is 9.97. The van der Waals surface area contributed by atoms with Crippen molar-refractivity contribution in [3.05, 3.63) is 41.5 Å². The Labute approximate surface area is 150 Å². The van der Waals surface area contributed by atoms with Crippen LogP contribution in [0.25, 0.3) is 0 Å². The molecule has 2 aromatic heterocycles. The molecular formula is C18H21F3N4O. The lowest BCUT2D eigenvalue weighted by Crippen LogP contribution is -2.36. The normalized spacial score (nSPS) is 16.0. The van der Waals surface area contributed by atoms with E-state index in [1.165, 1.54) is 12.5 Å². The van der Waals surface area contributed by atoms with Crippen molar-refractivity contribution >= 4 is 5.82 Å². The number of anilines is 1. The quantitative estimate of drug-likeness (QED) is 0.824. The molecule has 0 atom stereocenters. The maximum absolute atomic E-state index is 12.8. The number of aromatic nitrogens is 3. The summed E-state index contributed by atoms with van der Waals surface area (Å²) in [5.41, 5.74) is 1.15. The van der Waals surface area contributed by atoms with E-state index in [-0.39, 0.29) is 0 Å². The lowest BCUT2D eigenvalue weighted by molar-refractivity contribution is -0.137. The van der Waals surface area contributed by atoms with E-state index in [0.717, 1.165) is 36.2 Å². The van der Waals surface area contributed by atoms with Gasteiger partial charge in [-0.1, -0.05) is 0 Å². The number of nitrogens with zero attached hydrogens (tertiary/aromatic N) is 4. The van der Waals surface area contributed by atoms with Crippen LogP contribution in [0.2, 0.25) is 0 Å². The van der Waals surface area contributed by atoms with Gasteiger partial charge in [0.15, 0.2) is 0 Å². The topological polar surface area (TPSA) is 51.1 Å². The Hall–Kier alpha value is -2.38. The Kier molecular flexibility index (Phi) is 5.29. The fraction of sp³-hybridized carbons (Fsp3) is 0.500. The second kappa shape index (κ2) is 7.47. The third kappa shape index (κ3) is 4.23. The Bertz CT molecular complexity index is 758. The van der Waals surface area contributed by atoms with Gasteiger partial charge in [0.05, 0.1) is 12.2 Å². The molecule has 0 aromatic carbocycles. The van der Waals surface area contributed by atoms with Crippen LogP contribution in [0.15, 0.2) is 24.7 Å². The zero-order chi connectivity index (χ0) is 18.7. The van der Waals surface area contributed by atoms with Crippen molar-refractivity contribution in [2.24, 2.45) is 5.92 Å². The van der Waals surface area contributed by atoms with Crippen LogP contribution < -0.4 is 9.64 Å². The number of hydrogen-bond acceptors (Lipinski definition) is 5. The smallest absolute Gasteiger partial charge is 0.416 e. The number of pyridine rings is 1. The Morgan fingerprint density at radius 3 is 2.58 bits per heavy atom. The summed E-state index contributed by atoms with van der Waals surface area (Å²) in [4.78, 5) is 14.3. The molecule has 0 spiro atoms. The molecule has 2 aromatic rings. The molecule has 26 heavy (non-hydrogen) atoms. The van der Waals surface area contributed by atoms with E-state index >= 15 is 0 Å². The summed E-state index contributed by atoms with van der Waals surface area (Å²) < 4.78 is 44.4. The van der Waals surface area contributed by atoms with Gasteiger partial charge in [0.25, 0.3) is 0 Å². The van der Waals surface area contributed by atoms with Gasteiger partial charge < -0.3 is 9.64 Å². The minimum atomic E-state index is -4.35. The molecule has 8 heteroatoms. The van der Waals surface area contributed by atoms with Gasteiger partial charge in [0, 0.05) is 30.5 Å². The second-order valence-corrected chi connectivity index (χ2v) is 6.53. The molecule has 3 heterocycles. The fourth-order valence-corrected chi connectivity index (χ4v) is 2.96. The van der Waals surface area contributed by atoms with Crippen LogP contribution in [-0.4, -0.2) is 34.6 Å². The number of halogens is 3. The molecule has 1 saturated heterocycles. The first-order valence-corrected chi connectivity index (χ1v) is 8.54. The van der Waals surface area contributed by atoms with Crippen molar-refractivity contribution in [2.75, 3.05) is 24.6 Å². The van der Waals surface area contributed by atoms with E-state index in [2.05, 4.69) is 15.0 Å². The largest absolute Gasteiger partial charge is 0.477 e. The predicted molar refractivity (Wildman–Crippen MR) is 91.2 cm³/mol. The summed E-state index contributed by atoms with van der Waals surface area (Å²) in [6.07, 6.45) is 0.0205. The highest BCUT2D eigenvalue weighted by atomic mass is 19.4. The molecule has 0 amide bonds. The summed E-state index contributed by atoms with van der Waals surface area (Å²) in [7, 11) is 0. The number of ether oxygens (including phenoxy) is 1.